The minimum Gasteiger partial charge on any atom is -0.352 e. The first kappa shape index (κ1) is 31.5. The van der Waals surface area contributed by atoms with E-state index in [-0.39, 0.29) is 29.1 Å². The molecule has 0 unspecified atom stereocenters. The van der Waals surface area contributed by atoms with Crippen molar-refractivity contribution >= 4 is 50.7 Å². The summed E-state index contributed by atoms with van der Waals surface area (Å²) in [5.74, 6) is -0.848. The minimum absolute atomic E-state index is 0.0384. The van der Waals surface area contributed by atoms with Crippen LogP contribution in [0.25, 0.3) is 0 Å². The highest BCUT2D eigenvalue weighted by Crippen LogP contribution is 2.29. The van der Waals surface area contributed by atoms with Gasteiger partial charge in [0.05, 0.1) is 10.6 Å². The van der Waals surface area contributed by atoms with Gasteiger partial charge in [-0.15, -0.1) is 0 Å². The Morgan fingerprint density at radius 1 is 0.925 bits per heavy atom. The Labute approximate surface area is 247 Å². The van der Waals surface area contributed by atoms with Crippen molar-refractivity contribution in [1.29, 1.82) is 0 Å². The van der Waals surface area contributed by atoms with Crippen LogP contribution in [-0.2, 0) is 26.2 Å². The third-order valence-corrected chi connectivity index (χ3v) is 8.86. The molecule has 0 aliphatic carbocycles. The van der Waals surface area contributed by atoms with Gasteiger partial charge in [0, 0.05) is 22.6 Å². The van der Waals surface area contributed by atoms with Crippen molar-refractivity contribution in [2.24, 2.45) is 0 Å². The van der Waals surface area contributed by atoms with Crippen LogP contribution in [0.4, 0.5) is 5.69 Å². The average Bonchev–Trinajstić information content (AvgIpc) is 2.89. The van der Waals surface area contributed by atoms with Gasteiger partial charge in [-0.25, -0.2) is 8.42 Å². The topological polar surface area (TPSA) is 86.8 Å². The first-order chi connectivity index (χ1) is 18.8. The first-order valence-corrected chi connectivity index (χ1v) is 15.2. The zero-order valence-corrected chi connectivity index (χ0v) is 25.6. The van der Waals surface area contributed by atoms with E-state index in [0.717, 1.165) is 21.0 Å². The summed E-state index contributed by atoms with van der Waals surface area (Å²) in [4.78, 5) is 28.7. The summed E-state index contributed by atoms with van der Waals surface area (Å²) in [7, 11) is -4.17. The number of hydrogen-bond donors (Lipinski definition) is 1. The van der Waals surface area contributed by atoms with Crippen LogP contribution >= 0.6 is 23.2 Å². The molecule has 1 N–H and O–H groups in total. The number of anilines is 1. The van der Waals surface area contributed by atoms with Gasteiger partial charge in [-0.2, -0.15) is 0 Å². The molecule has 0 radical (unpaired) electrons. The van der Waals surface area contributed by atoms with Crippen LogP contribution in [0.15, 0.2) is 71.6 Å². The van der Waals surface area contributed by atoms with Crippen molar-refractivity contribution in [2.45, 2.75) is 64.6 Å². The summed E-state index contributed by atoms with van der Waals surface area (Å²) in [6.07, 6.45) is 0.332. The highest BCUT2D eigenvalue weighted by Gasteiger charge is 2.34. The van der Waals surface area contributed by atoms with Gasteiger partial charge >= 0.3 is 0 Å². The molecular formula is C30H35Cl2N3O4S. The lowest BCUT2D eigenvalue weighted by molar-refractivity contribution is -0.140. The van der Waals surface area contributed by atoms with E-state index in [4.69, 9.17) is 23.2 Å². The third kappa shape index (κ3) is 7.77. The van der Waals surface area contributed by atoms with E-state index < -0.39 is 28.5 Å². The molecule has 3 rings (SSSR count). The lowest BCUT2D eigenvalue weighted by Gasteiger charge is -2.33. The number of rotatable bonds is 11. The number of carbonyl (C=O) groups excluding carboxylic acids is 2. The van der Waals surface area contributed by atoms with Gasteiger partial charge < -0.3 is 10.2 Å². The summed E-state index contributed by atoms with van der Waals surface area (Å²) in [5.41, 5.74) is 2.66. The smallest absolute Gasteiger partial charge is 0.264 e. The Hall–Kier alpha value is -3.07. The van der Waals surface area contributed by atoms with E-state index in [2.05, 4.69) is 5.32 Å². The second kappa shape index (κ2) is 13.5. The number of benzene rings is 3. The fourth-order valence-corrected chi connectivity index (χ4v) is 5.90. The second-order valence-electron chi connectivity index (χ2n) is 9.99. The minimum atomic E-state index is -4.17. The Bertz CT molecular complexity index is 1440. The molecule has 0 heterocycles. The molecule has 0 bridgehead atoms. The molecule has 3 aromatic rings. The monoisotopic (exact) mass is 603 g/mol. The van der Waals surface area contributed by atoms with Crippen molar-refractivity contribution in [2.75, 3.05) is 10.8 Å². The van der Waals surface area contributed by atoms with Crippen molar-refractivity contribution < 1.29 is 18.0 Å². The van der Waals surface area contributed by atoms with E-state index in [9.17, 15) is 18.0 Å². The van der Waals surface area contributed by atoms with Gasteiger partial charge in [-0.3, -0.25) is 13.9 Å². The molecule has 10 heteroatoms. The van der Waals surface area contributed by atoms with Gasteiger partial charge in [0.15, 0.2) is 0 Å². The summed E-state index contributed by atoms with van der Waals surface area (Å²) < 4.78 is 28.9. The molecule has 0 aliphatic rings. The number of halogens is 2. The van der Waals surface area contributed by atoms with Crippen LogP contribution < -0.4 is 9.62 Å². The number of sulfonamides is 1. The number of carbonyl (C=O) groups is 2. The van der Waals surface area contributed by atoms with Crippen LogP contribution in [0.2, 0.25) is 10.0 Å². The Kier molecular flexibility index (Phi) is 10.6. The van der Waals surface area contributed by atoms with E-state index in [0.29, 0.717) is 16.5 Å². The number of nitrogens with zero attached hydrogens (tertiary/aromatic N) is 2. The fraction of sp³-hybridized carbons (Fsp3) is 0.333. The largest absolute Gasteiger partial charge is 0.352 e. The molecule has 3 aromatic carbocycles. The van der Waals surface area contributed by atoms with Crippen molar-refractivity contribution in [3.8, 4) is 0 Å². The van der Waals surface area contributed by atoms with Crippen LogP contribution in [0.1, 0.15) is 43.9 Å². The molecule has 0 aromatic heterocycles. The van der Waals surface area contributed by atoms with Crippen molar-refractivity contribution in [1.82, 2.24) is 10.2 Å². The van der Waals surface area contributed by atoms with Crippen LogP contribution in [-0.4, -0.2) is 43.8 Å². The molecule has 1 atom stereocenters. The number of hydrogen-bond acceptors (Lipinski definition) is 4. The summed E-state index contributed by atoms with van der Waals surface area (Å²) in [6, 6.07) is 17.3. The highest BCUT2D eigenvalue weighted by atomic mass is 35.5. The Balaban J connectivity index is 2.08. The van der Waals surface area contributed by atoms with Crippen LogP contribution in [0, 0.1) is 13.8 Å². The summed E-state index contributed by atoms with van der Waals surface area (Å²) >= 11 is 12.4. The van der Waals surface area contributed by atoms with E-state index in [1.807, 2.05) is 34.6 Å². The van der Waals surface area contributed by atoms with E-state index in [1.54, 1.807) is 48.5 Å². The average molecular weight is 605 g/mol. The lowest BCUT2D eigenvalue weighted by atomic mass is 10.1. The SMILES string of the molecule is CC[C@H](C(=O)NC(C)C)N(Cc1ccc(Cl)cc1)C(=O)CN(c1ccc(C)c(Cl)c1)S(=O)(=O)c1ccc(C)cc1. The maximum atomic E-state index is 14.1. The molecule has 7 nitrogen and oxygen atoms in total. The summed E-state index contributed by atoms with van der Waals surface area (Å²) in [5, 5.41) is 3.79. The molecule has 0 spiro atoms. The quantitative estimate of drug-likeness (QED) is 0.285. The van der Waals surface area contributed by atoms with Gasteiger partial charge in [-0.05, 0) is 81.6 Å². The molecule has 0 fully saturated rings. The van der Waals surface area contributed by atoms with Crippen LogP contribution in [0.5, 0.6) is 0 Å². The standard InChI is InChI=1S/C30H35Cl2N3O4S/c1-6-28(30(37)33-20(2)3)34(18-23-10-12-24(31)13-11-23)29(36)19-35(25-14-9-22(5)27(32)17-25)40(38,39)26-15-7-21(4)8-16-26/h7-17,20,28H,6,18-19H2,1-5H3,(H,33,37)/t28-/m1/s1. The number of aryl methyl sites for hydroxylation is 2. The Morgan fingerprint density at radius 2 is 1.55 bits per heavy atom. The third-order valence-electron chi connectivity index (χ3n) is 6.41. The molecule has 40 heavy (non-hydrogen) atoms. The molecule has 0 saturated heterocycles. The highest BCUT2D eigenvalue weighted by molar-refractivity contribution is 7.92. The summed E-state index contributed by atoms with van der Waals surface area (Å²) in [6.45, 7) is 8.72. The van der Waals surface area contributed by atoms with E-state index >= 15 is 0 Å². The predicted octanol–water partition coefficient (Wildman–Crippen LogP) is 6.14. The molecule has 2 amide bonds. The molecular weight excluding hydrogens is 569 g/mol. The van der Waals surface area contributed by atoms with E-state index in [1.165, 1.54) is 23.1 Å². The first-order valence-electron chi connectivity index (χ1n) is 13.0. The van der Waals surface area contributed by atoms with Crippen molar-refractivity contribution in [3.63, 3.8) is 0 Å². The van der Waals surface area contributed by atoms with Gasteiger partial charge in [-0.1, -0.05) is 66.0 Å². The fourth-order valence-electron chi connectivity index (χ4n) is 4.19. The second-order valence-corrected chi connectivity index (χ2v) is 12.7. The van der Waals surface area contributed by atoms with Gasteiger partial charge in [0.1, 0.15) is 12.6 Å². The number of nitrogens with one attached hydrogen (secondary N) is 1. The van der Waals surface area contributed by atoms with Crippen molar-refractivity contribution in [3.05, 3.63) is 93.5 Å². The maximum absolute atomic E-state index is 14.1. The lowest BCUT2D eigenvalue weighted by Crippen LogP contribution is -2.53. The van der Waals surface area contributed by atoms with Crippen LogP contribution in [0.3, 0.4) is 0 Å². The number of amides is 2. The molecule has 0 saturated carbocycles. The zero-order chi connectivity index (χ0) is 29.6. The zero-order valence-electron chi connectivity index (χ0n) is 23.3. The Morgan fingerprint density at radius 3 is 2.10 bits per heavy atom. The molecule has 214 valence electrons. The van der Waals surface area contributed by atoms with Gasteiger partial charge in [0.25, 0.3) is 10.0 Å². The normalized spacial score (nSPS) is 12.2. The predicted molar refractivity (Wildman–Crippen MR) is 161 cm³/mol. The van der Waals surface area contributed by atoms with Gasteiger partial charge in [0.2, 0.25) is 11.8 Å². The molecule has 0 aliphatic heterocycles. The maximum Gasteiger partial charge on any atom is 0.264 e.